The maximum atomic E-state index is 13.9. The van der Waals surface area contributed by atoms with E-state index in [9.17, 15) is 12.8 Å². The molecule has 112 valence electrons. The van der Waals surface area contributed by atoms with Crippen molar-refractivity contribution in [1.29, 1.82) is 0 Å². The molecule has 1 aliphatic rings. The maximum Gasteiger partial charge on any atom is 0.243 e. The molecule has 0 atom stereocenters. The molecule has 2 rings (SSSR count). The number of hydrogen-bond donors (Lipinski definition) is 2. The monoisotopic (exact) mass is 318 g/mol. The largest absolute Gasteiger partial charge is 0.316 e. The van der Waals surface area contributed by atoms with Crippen molar-refractivity contribution in [2.75, 3.05) is 19.8 Å². The molecule has 0 aliphatic heterocycles. The molecule has 4 nitrogen and oxygen atoms in total. The van der Waals surface area contributed by atoms with Crippen molar-refractivity contribution >= 4 is 21.8 Å². The number of nitrogens with one attached hydrogen (secondary N) is 2. The second-order valence-corrected chi connectivity index (χ2v) is 8.02. The Hall–Kier alpha value is -0.630. The second kappa shape index (κ2) is 6.01. The molecule has 1 aromatic carbocycles. The molecule has 20 heavy (non-hydrogen) atoms. The molecule has 0 amide bonds. The lowest BCUT2D eigenvalue weighted by atomic mass is 10.2. The Morgan fingerprint density at radius 2 is 2.10 bits per heavy atom. The summed E-state index contributed by atoms with van der Waals surface area (Å²) in [6.45, 7) is 0.856. The third-order valence-corrected chi connectivity index (χ3v) is 6.34. The van der Waals surface area contributed by atoms with Crippen molar-refractivity contribution in [2.45, 2.75) is 29.0 Å². The van der Waals surface area contributed by atoms with E-state index >= 15 is 0 Å². The third kappa shape index (κ3) is 3.52. The molecule has 0 spiro atoms. The smallest absolute Gasteiger partial charge is 0.243 e. The second-order valence-electron chi connectivity index (χ2n) is 5.01. The summed E-state index contributed by atoms with van der Waals surface area (Å²) in [7, 11) is -2.03. The first kappa shape index (κ1) is 15.8. The van der Waals surface area contributed by atoms with E-state index in [4.69, 9.17) is 0 Å². The Balaban J connectivity index is 2.12. The number of benzene rings is 1. The predicted octanol–water partition coefficient (Wildman–Crippen LogP) is 1.72. The van der Waals surface area contributed by atoms with E-state index in [1.807, 2.05) is 6.26 Å². The summed E-state index contributed by atoms with van der Waals surface area (Å²) in [5.41, 5.74) is 0.715. The van der Waals surface area contributed by atoms with Crippen LogP contribution in [0, 0.1) is 5.82 Å². The zero-order valence-corrected chi connectivity index (χ0v) is 13.2. The normalized spacial score (nSPS) is 17.1. The molecule has 0 aromatic heterocycles. The zero-order valence-electron chi connectivity index (χ0n) is 11.6. The van der Waals surface area contributed by atoms with Crippen LogP contribution in [0.4, 0.5) is 4.39 Å². The highest BCUT2D eigenvalue weighted by atomic mass is 32.2. The van der Waals surface area contributed by atoms with Crippen molar-refractivity contribution < 1.29 is 12.8 Å². The van der Waals surface area contributed by atoms with Gasteiger partial charge in [0.25, 0.3) is 0 Å². The first-order valence-electron chi connectivity index (χ1n) is 6.40. The molecule has 1 aliphatic carbocycles. The highest BCUT2D eigenvalue weighted by Gasteiger charge is 2.42. The number of sulfonamides is 1. The van der Waals surface area contributed by atoms with Gasteiger partial charge >= 0.3 is 0 Å². The molecule has 7 heteroatoms. The lowest BCUT2D eigenvalue weighted by Crippen LogP contribution is -2.32. The summed E-state index contributed by atoms with van der Waals surface area (Å²) in [5.74, 6) is -0.709. The minimum absolute atomic E-state index is 0.00954. The third-order valence-electron chi connectivity index (χ3n) is 3.49. The number of thioether (sulfide) groups is 1. The lowest BCUT2D eigenvalue weighted by molar-refractivity contribution is 0.554. The van der Waals surface area contributed by atoms with Gasteiger partial charge in [-0.3, -0.25) is 0 Å². The molecule has 1 saturated carbocycles. The van der Waals surface area contributed by atoms with Gasteiger partial charge in [-0.15, -0.1) is 0 Å². The Kier molecular flexibility index (Phi) is 4.73. The molecule has 2 N–H and O–H groups in total. The van der Waals surface area contributed by atoms with E-state index < -0.39 is 15.8 Å². The summed E-state index contributed by atoms with van der Waals surface area (Å²) >= 11 is 1.66. The summed E-state index contributed by atoms with van der Waals surface area (Å²) in [4.78, 5) is -0.283. The van der Waals surface area contributed by atoms with Crippen LogP contribution in [0.15, 0.2) is 23.1 Å². The topological polar surface area (TPSA) is 58.2 Å². The Bertz CT molecular complexity index is 586. The van der Waals surface area contributed by atoms with Crippen molar-refractivity contribution in [3.8, 4) is 0 Å². The van der Waals surface area contributed by atoms with Crippen LogP contribution >= 0.6 is 11.8 Å². The van der Waals surface area contributed by atoms with Gasteiger partial charge in [-0.25, -0.2) is 17.5 Å². The van der Waals surface area contributed by atoms with Gasteiger partial charge in [-0.1, -0.05) is 6.07 Å². The lowest BCUT2D eigenvalue weighted by Gasteiger charge is -2.14. The van der Waals surface area contributed by atoms with Gasteiger partial charge in [0.05, 0.1) is 0 Å². The fourth-order valence-electron chi connectivity index (χ4n) is 1.97. The molecule has 0 saturated heterocycles. The van der Waals surface area contributed by atoms with Crippen LogP contribution < -0.4 is 10.0 Å². The maximum absolute atomic E-state index is 13.9. The molecule has 1 fully saturated rings. The Morgan fingerprint density at radius 1 is 1.40 bits per heavy atom. The van der Waals surface area contributed by atoms with E-state index in [0.717, 1.165) is 12.8 Å². The molecule has 0 radical (unpaired) electrons. The van der Waals surface area contributed by atoms with E-state index in [0.29, 0.717) is 18.7 Å². The van der Waals surface area contributed by atoms with Crippen LogP contribution in [0.5, 0.6) is 0 Å². The van der Waals surface area contributed by atoms with Crippen LogP contribution in [-0.2, 0) is 16.6 Å². The molecule has 1 aromatic rings. The molecule has 0 unspecified atom stereocenters. The first-order valence-corrected chi connectivity index (χ1v) is 9.11. The molecule has 0 heterocycles. The number of halogens is 1. The van der Waals surface area contributed by atoms with E-state index in [1.54, 1.807) is 24.9 Å². The fraction of sp³-hybridized carbons (Fsp3) is 0.538. The van der Waals surface area contributed by atoms with Crippen molar-refractivity contribution in [3.63, 3.8) is 0 Å². The van der Waals surface area contributed by atoms with Gasteiger partial charge in [-0.05, 0) is 43.8 Å². The van der Waals surface area contributed by atoms with E-state index in [2.05, 4.69) is 10.0 Å². The van der Waals surface area contributed by atoms with Gasteiger partial charge in [0.15, 0.2) is 0 Å². The van der Waals surface area contributed by atoms with Gasteiger partial charge in [0.1, 0.15) is 10.7 Å². The van der Waals surface area contributed by atoms with Crippen LogP contribution in [-0.4, -0.2) is 33.0 Å². The first-order chi connectivity index (χ1) is 9.42. The van der Waals surface area contributed by atoms with Crippen molar-refractivity contribution in [1.82, 2.24) is 10.0 Å². The van der Waals surface area contributed by atoms with Crippen LogP contribution in [0.25, 0.3) is 0 Å². The minimum atomic E-state index is -3.78. The molecular formula is C13H19FN2O2S2. The van der Waals surface area contributed by atoms with Gasteiger partial charge in [-0.2, -0.15) is 11.8 Å². The van der Waals surface area contributed by atoms with Gasteiger partial charge in [0, 0.05) is 17.8 Å². The Morgan fingerprint density at radius 3 is 2.60 bits per heavy atom. The summed E-state index contributed by atoms with van der Waals surface area (Å²) in [6, 6.07) is 4.20. The molecular weight excluding hydrogens is 299 g/mol. The van der Waals surface area contributed by atoms with Crippen molar-refractivity contribution in [2.24, 2.45) is 0 Å². The summed E-state index contributed by atoms with van der Waals surface area (Å²) < 4.78 is 40.7. The average molecular weight is 318 g/mol. The van der Waals surface area contributed by atoms with Gasteiger partial charge in [0.2, 0.25) is 10.0 Å². The zero-order chi connectivity index (χ0) is 14.8. The summed E-state index contributed by atoms with van der Waals surface area (Å²) in [5, 5.41) is 2.90. The molecule has 0 bridgehead atoms. The fourth-order valence-corrected chi connectivity index (χ4v) is 3.98. The van der Waals surface area contributed by atoms with Crippen LogP contribution in [0.2, 0.25) is 0 Å². The quantitative estimate of drug-likeness (QED) is 0.804. The number of rotatable bonds is 7. The predicted molar refractivity (Wildman–Crippen MR) is 79.8 cm³/mol. The van der Waals surface area contributed by atoms with Crippen molar-refractivity contribution in [3.05, 3.63) is 29.6 Å². The number of hydrogen-bond acceptors (Lipinski definition) is 4. The average Bonchev–Trinajstić information content (AvgIpc) is 3.17. The van der Waals surface area contributed by atoms with Crippen LogP contribution in [0.3, 0.4) is 0 Å². The van der Waals surface area contributed by atoms with Gasteiger partial charge < -0.3 is 5.32 Å². The highest BCUT2D eigenvalue weighted by molar-refractivity contribution is 8.00. The highest BCUT2D eigenvalue weighted by Crippen LogP contribution is 2.46. The van der Waals surface area contributed by atoms with Crippen LogP contribution in [0.1, 0.15) is 18.4 Å². The SMILES string of the molecule is CNCc1ccc(S(=O)(=O)NCC2(SC)CC2)c(F)c1. The Labute approximate surface area is 123 Å². The standard InChI is InChI=1S/C13H19FN2O2S2/c1-15-8-10-3-4-12(11(14)7-10)20(17,18)16-9-13(19-2)5-6-13/h3-4,7,15-16H,5-6,8-9H2,1-2H3. The minimum Gasteiger partial charge on any atom is -0.316 e. The summed E-state index contributed by atoms with van der Waals surface area (Å²) in [6.07, 6.45) is 3.97. The van der Waals surface area contributed by atoms with E-state index in [1.165, 1.54) is 12.1 Å². The van der Waals surface area contributed by atoms with E-state index in [-0.39, 0.29) is 9.64 Å².